The van der Waals surface area contributed by atoms with Crippen molar-refractivity contribution in [3.8, 4) is 0 Å². The number of imidazole rings is 2. The molecule has 8 heteroatoms. The van der Waals surface area contributed by atoms with Gasteiger partial charge in [-0.1, -0.05) is 0 Å². The van der Waals surface area contributed by atoms with Crippen LogP contribution in [0.1, 0.15) is 11.4 Å². The molecular weight excluding hydrogens is 284 g/mol. The molecule has 0 fully saturated rings. The molecule has 0 aliphatic rings. The lowest BCUT2D eigenvalue weighted by molar-refractivity contribution is 0.384. The molecule has 118 valence electrons. The van der Waals surface area contributed by atoms with Gasteiger partial charge in [-0.2, -0.15) is 4.98 Å². The fraction of sp³-hybridized carbons (Fsp3) is 0.500. The molecule has 3 aromatic rings. The minimum absolute atomic E-state index is 0.404. The summed E-state index contributed by atoms with van der Waals surface area (Å²) in [5.41, 5.74) is 2.00. The molecule has 0 aromatic carbocycles. The van der Waals surface area contributed by atoms with Gasteiger partial charge in [-0.05, 0) is 27.9 Å². The minimum Gasteiger partial charge on any atom is -0.313 e. The van der Waals surface area contributed by atoms with E-state index in [2.05, 4.69) is 19.4 Å². The smallest absolute Gasteiger partial charge is 0.313 e. The van der Waals surface area contributed by atoms with Crippen LogP contribution in [0.15, 0.2) is 9.59 Å². The number of aromatic amines is 1. The zero-order valence-corrected chi connectivity index (χ0v) is 13.5. The van der Waals surface area contributed by atoms with Crippen molar-refractivity contribution in [1.82, 2.24) is 28.4 Å². The summed E-state index contributed by atoms with van der Waals surface area (Å²) in [6, 6.07) is 0. The lowest BCUT2D eigenvalue weighted by Gasteiger charge is -2.11. The fourth-order valence-electron chi connectivity index (χ4n) is 2.74. The van der Waals surface area contributed by atoms with Gasteiger partial charge >= 0.3 is 5.69 Å². The monoisotopic (exact) mass is 304 g/mol. The molecule has 0 radical (unpaired) electrons. The zero-order valence-electron chi connectivity index (χ0n) is 13.5. The van der Waals surface area contributed by atoms with E-state index in [0.29, 0.717) is 16.9 Å². The standard InChI is InChI=1S/C14H20N6O2/c1-8-9(2)20-10-11(18(5)14(22)16-12(10)21)15-13(20)19(8)7-6-17(3)4/h6-7H2,1-5H3,(H,16,21,22). The molecule has 0 bridgehead atoms. The number of hydrogen-bond acceptors (Lipinski definition) is 4. The lowest BCUT2D eigenvalue weighted by atomic mass is 10.3. The maximum absolute atomic E-state index is 12.2. The topological polar surface area (TPSA) is 80.3 Å². The first-order chi connectivity index (χ1) is 10.3. The van der Waals surface area contributed by atoms with Crippen molar-refractivity contribution in [2.45, 2.75) is 20.4 Å². The average molecular weight is 304 g/mol. The SMILES string of the molecule is Cc1c(C)n2c3c(=O)[nH]c(=O)n(C)c3nc2n1CCN(C)C. The predicted octanol–water partition coefficient (Wildman–Crippen LogP) is -0.146. The normalized spacial score (nSPS) is 12.1. The molecule has 0 amide bonds. The van der Waals surface area contributed by atoms with Crippen LogP contribution in [0.2, 0.25) is 0 Å². The van der Waals surface area contributed by atoms with Crippen LogP contribution in [0.5, 0.6) is 0 Å². The van der Waals surface area contributed by atoms with Crippen molar-refractivity contribution in [3.05, 3.63) is 32.2 Å². The van der Waals surface area contributed by atoms with E-state index >= 15 is 0 Å². The summed E-state index contributed by atoms with van der Waals surface area (Å²) in [6.07, 6.45) is 0. The summed E-state index contributed by atoms with van der Waals surface area (Å²) < 4.78 is 5.28. The van der Waals surface area contributed by atoms with Gasteiger partial charge in [-0.15, -0.1) is 0 Å². The van der Waals surface area contributed by atoms with E-state index in [9.17, 15) is 9.59 Å². The first kappa shape index (κ1) is 14.6. The number of likely N-dealkylation sites (N-methyl/N-ethyl adjacent to an activating group) is 1. The van der Waals surface area contributed by atoms with Crippen molar-refractivity contribution in [1.29, 1.82) is 0 Å². The average Bonchev–Trinajstić information content (AvgIpc) is 2.93. The molecule has 0 saturated carbocycles. The number of nitrogens with one attached hydrogen (secondary N) is 1. The summed E-state index contributed by atoms with van der Waals surface area (Å²) >= 11 is 0. The van der Waals surface area contributed by atoms with E-state index in [1.165, 1.54) is 4.57 Å². The molecule has 3 aromatic heterocycles. The second-order valence-electron chi connectivity index (χ2n) is 5.86. The summed E-state index contributed by atoms with van der Waals surface area (Å²) in [4.78, 5) is 32.9. The molecule has 1 N–H and O–H groups in total. The van der Waals surface area contributed by atoms with E-state index in [4.69, 9.17) is 0 Å². The van der Waals surface area contributed by atoms with Gasteiger partial charge in [-0.25, -0.2) is 4.79 Å². The summed E-state index contributed by atoms with van der Waals surface area (Å²) in [7, 11) is 5.64. The molecule has 0 saturated heterocycles. The third kappa shape index (κ3) is 1.91. The van der Waals surface area contributed by atoms with Crippen LogP contribution in [-0.4, -0.2) is 49.0 Å². The quantitative estimate of drug-likeness (QED) is 0.730. The lowest BCUT2D eigenvalue weighted by Crippen LogP contribution is -2.28. The zero-order chi connectivity index (χ0) is 16.2. The molecule has 0 aliphatic carbocycles. The molecule has 3 heterocycles. The van der Waals surface area contributed by atoms with Crippen molar-refractivity contribution < 1.29 is 0 Å². The Labute approximate surface area is 126 Å². The number of fused-ring (bicyclic) bond motifs is 3. The van der Waals surface area contributed by atoms with E-state index in [1.54, 1.807) is 7.05 Å². The van der Waals surface area contributed by atoms with Crippen molar-refractivity contribution in [2.75, 3.05) is 20.6 Å². The Morgan fingerprint density at radius 1 is 1.18 bits per heavy atom. The highest BCUT2D eigenvalue weighted by Gasteiger charge is 2.20. The van der Waals surface area contributed by atoms with E-state index < -0.39 is 11.2 Å². The van der Waals surface area contributed by atoms with Crippen molar-refractivity contribution in [2.24, 2.45) is 7.05 Å². The van der Waals surface area contributed by atoms with Crippen LogP contribution in [0, 0.1) is 13.8 Å². The van der Waals surface area contributed by atoms with Gasteiger partial charge in [0.2, 0.25) is 5.78 Å². The minimum atomic E-state index is -0.451. The maximum Gasteiger partial charge on any atom is 0.329 e. The van der Waals surface area contributed by atoms with Gasteiger partial charge in [0.05, 0.1) is 0 Å². The Bertz CT molecular complexity index is 985. The molecule has 0 aliphatic heterocycles. The number of H-pyrrole nitrogens is 1. The molecule has 22 heavy (non-hydrogen) atoms. The van der Waals surface area contributed by atoms with Crippen LogP contribution >= 0.6 is 0 Å². The van der Waals surface area contributed by atoms with E-state index in [0.717, 1.165) is 24.5 Å². The molecule has 8 nitrogen and oxygen atoms in total. The van der Waals surface area contributed by atoms with Gasteiger partial charge in [0.25, 0.3) is 5.56 Å². The van der Waals surface area contributed by atoms with E-state index in [-0.39, 0.29) is 0 Å². The Hall–Kier alpha value is -2.35. The van der Waals surface area contributed by atoms with Crippen LogP contribution in [-0.2, 0) is 13.6 Å². The summed E-state index contributed by atoms with van der Waals surface area (Å²) in [5, 5.41) is 0. The molecule has 3 rings (SSSR count). The number of hydrogen-bond donors (Lipinski definition) is 1. The summed E-state index contributed by atoms with van der Waals surface area (Å²) in [5.74, 6) is 0.693. The Kier molecular flexibility index (Phi) is 3.21. The van der Waals surface area contributed by atoms with Crippen LogP contribution in [0.3, 0.4) is 0 Å². The molecule has 0 unspecified atom stereocenters. The third-order valence-electron chi connectivity index (χ3n) is 4.18. The highest BCUT2D eigenvalue weighted by Crippen LogP contribution is 2.20. The first-order valence-electron chi connectivity index (χ1n) is 7.14. The summed E-state index contributed by atoms with van der Waals surface area (Å²) in [6.45, 7) is 5.61. The third-order valence-corrected chi connectivity index (χ3v) is 4.18. The second-order valence-corrected chi connectivity index (χ2v) is 5.86. The van der Waals surface area contributed by atoms with Crippen LogP contribution in [0.4, 0.5) is 0 Å². The predicted molar refractivity (Wildman–Crippen MR) is 84.6 cm³/mol. The maximum atomic E-state index is 12.2. The van der Waals surface area contributed by atoms with Crippen molar-refractivity contribution >= 4 is 16.9 Å². The van der Waals surface area contributed by atoms with E-state index in [1.807, 2.05) is 32.3 Å². The largest absolute Gasteiger partial charge is 0.329 e. The number of aromatic nitrogens is 5. The first-order valence-corrected chi connectivity index (χ1v) is 7.14. The fourth-order valence-corrected chi connectivity index (χ4v) is 2.74. The van der Waals surface area contributed by atoms with Gasteiger partial charge in [0, 0.05) is 31.5 Å². The number of nitrogens with zero attached hydrogens (tertiary/aromatic N) is 5. The van der Waals surface area contributed by atoms with Gasteiger partial charge in [0.1, 0.15) is 0 Å². The van der Waals surface area contributed by atoms with Gasteiger partial charge in [-0.3, -0.25) is 18.7 Å². The van der Waals surface area contributed by atoms with Crippen LogP contribution < -0.4 is 11.2 Å². The highest BCUT2D eigenvalue weighted by atomic mass is 16.2. The van der Waals surface area contributed by atoms with Gasteiger partial charge in [0.15, 0.2) is 11.2 Å². The molecule has 0 atom stereocenters. The van der Waals surface area contributed by atoms with Crippen molar-refractivity contribution in [3.63, 3.8) is 0 Å². The van der Waals surface area contributed by atoms with Gasteiger partial charge < -0.3 is 9.47 Å². The number of aryl methyl sites for hydroxylation is 2. The van der Waals surface area contributed by atoms with Crippen LogP contribution in [0.25, 0.3) is 16.9 Å². The Morgan fingerprint density at radius 3 is 2.50 bits per heavy atom. The Morgan fingerprint density at radius 2 is 1.86 bits per heavy atom. The number of rotatable bonds is 3. The highest BCUT2D eigenvalue weighted by molar-refractivity contribution is 5.76. The molecular formula is C14H20N6O2. The molecule has 0 spiro atoms. The second kappa shape index (κ2) is 4.84. The Balaban J connectivity index is 2.41.